The maximum absolute atomic E-state index is 10.3. The molecule has 1 aromatic rings. The van der Waals surface area contributed by atoms with Crippen LogP contribution in [-0.2, 0) is 13.5 Å². The van der Waals surface area contributed by atoms with Gasteiger partial charge in [-0.3, -0.25) is 0 Å². The third kappa shape index (κ3) is 7.86. The monoisotopic (exact) mass is 266 g/mol. The van der Waals surface area contributed by atoms with Crippen LogP contribution in [0.1, 0.15) is 38.4 Å². The van der Waals surface area contributed by atoms with Crippen LogP contribution in [0.2, 0.25) is 0 Å². The highest BCUT2D eigenvalue weighted by Crippen LogP contribution is 2.08. The van der Waals surface area contributed by atoms with Gasteiger partial charge in [0.25, 0.3) is 0 Å². The van der Waals surface area contributed by atoms with Crippen LogP contribution >= 0.6 is 0 Å². The van der Waals surface area contributed by atoms with Crippen LogP contribution < -0.4 is 0 Å². The summed E-state index contributed by atoms with van der Waals surface area (Å²) in [7, 11) is 2.06. The van der Waals surface area contributed by atoms with Gasteiger partial charge in [0.2, 0.25) is 0 Å². The number of imidazole rings is 1. The fourth-order valence-corrected chi connectivity index (χ4v) is 1.35. The van der Waals surface area contributed by atoms with Crippen LogP contribution in [0.4, 0.5) is 17.6 Å². The Morgan fingerprint density at radius 2 is 1.72 bits per heavy atom. The second kappa shape index (κ2) is 9.67. The minimum Gasteiger partial charge on any atom is -0.338 e. The summed E-state index contributed by atoms with van der Waals surface area (Å²) in [6.45, 7) is 2.24. The quantitative estimate of drug-likeness (QED) is 0.565. The Labute approximate surface area is 104 Å². The number of aromatic nitrogens is 2. The van der Waals surface area contributed by atoms with Gasteiger partial charge in [-0.2, -0.15) is 17.6 Å². The number of hydrogen-bond acceptors (Lipinski definition) is 1. The summed E-state index contributed by atoms with van der Waals surface area (Å²) in [4.78, 5) is 4.28. The van der Waals surface area contributed by atoms with Gasteiger partial charge in [0.05, 0.1) is 0 Å². The van der Waals surface area contributed by atoms with Gasteiger partial charge in [0.1, 0.15) is 5.82 Å². The molecular formula is C12H18F4N2. The molecule has 0 saturated heterocycles. The molecule has 0 N–H and O–H groups in total. The third-order valence-corrected chi connectivity index (χ3v) is 2.32. The van der Waals surface area contributed by atoms with E-state index in [0.29, 0.717) is 0 Å². The van der Waals surface area contributed by atoms with E-state index in [9.17, 15) is 17.6 Å². The van der Waals surface area contributed by atoms with Crippen molar-refractivity contribution in [3.05, 3.63) is 30.4 Å². The first kappa shape index (κ1) is 16.7. The summed E-state index contributed by atoms with van der Waals surface area (Å²) in [6, 6.07) is 0. The number of rotatable bonds is 5. The zero-order valence-electron chi connectivity index (χ0n) is 10.6. The number of unbranched alkanes of at least 4 members (excludes halogenated alkanes) is 3. The maximum Gasteiger partial charge on any atom is 0.334 e. The van der Waals surface area contributed by atoms with Crippen molar-refractivity contribution in [2.24, 2.45) is 7.05 Å². The van der Waals surface area contributed by atoms with Crippen molar-refractivity contribution in [1.82, 2.24) is 9.55 Å². The molecule has 1 rings (SSSR count). The van der Waals surface area contributed by atoms with Crippen LogP contribution in [0.15, 0.2) is 24.6 Å². The van der Waals surface area contributed by atoms with Crippen molar-refractivity contribution in [2.75, 3.05) is 0 Å². The highest BCUT2D eigenvalue weighted by molar-refractivity contribution is 4.90. The van der Waals surface area contributed by atoms with Crippen molar-refractivity contribution >= 4 is 0 Å². The molecule has 0 aliphatic carbocycles. The average molecular weight is 266 g/mol. The molecule has 6 heteroatoms. The molecule has 0 aliphatic heterocycles. The Balaban J connectivity index is 0.000000411. The van der Waals surface area contributed by atoms with Gasteiger partial charge in [-0.05, 0) is 6.42 Å². The van der Waals surface area contributed by atoms with Crippen molar-refractivity contribution in [2.45, 2.75) is 39.0 Å². The number of nitrogens with zero attached hydrogens (tertiary/aromatic N) is 2. The Kier molecular flexibility index (Phi) is 8.96. The summed E-state index contributed by atoms with van der Waals surface area (Å²) < 4.78 is 43.3. The smallest absolute Gasteiger partial charge is 0.334 e. The molecule has 18 heavy (non-hydrogen) atoms. The fraction of sp³-hybridized carbons (Fsp3) is 0.583. The van der Waals surface area contributed by atoms with E-state index in [1.54, 1.807) is 0 Å². The van der Waals surface area contributed by atoms with Gasteiger partial charge in [-0.1, -0.05) is 26.2 Å². The molecule has 0 aromatic carbocycles. The first-order chi connectivity index (χ1) is 8.49. The highest BCUT2D eigenvalue weighted by atomic mass is 19.3. The second-order valence-electron chi connectivity index (χ2n) is 3.79. The molecule has 0 radical (unpaired) electrons. The van der Waals surface area contributed by atoms with Crippen LogP contribution in [0, 0.1) is 0 Å². The summed E-state index contributed by atoms with van der Waals surface area (Å²) in [6.07, 6.45) is 4.46. The molecule has 0 unspecified atom stereocenters. The van der Waals surface area contributed by atoms with Gasteiger partial charge in [0.15, 0.2) is 0 Å². The predicted octanol–water partition coefficient (Wildman–Crippen LogP) is 4.53. The van der Waals surface area contributed by atoms with Crippen LogP contribution in [0.25, 0.3) is 0 Å². The Morgan fingerprint density at radius 1 is 1.11 bits per heavy atom. The molecule has 0 saturated carbocycles. The van der Waals surface area contributed by atoms with Crippen LogP contribution in [0.3, 0.4) is 0 Å². The molecule has 0 amide bonds. The topological polar surface area (TPSA) is 17.8 Å². The molecule has 0 spiro atoms. The van der Waals surface area contributed by atoms with E-state index in [1.807, 2.05) is 12.4 Å². The Morgan fingerprint density at radius 3 is 2.11 bits per heavy atom. The molecule has 0 aliphatic rings. The van der Waals surface area contributed by atoms with E-state index in [2.05, 4.69) is 23.5 Å². The van der Waals surface area contributed by atoms with Crippen LogP contribution in [-0.4, -0.2) is 9.55 Å². The minimum atomic E-state index is -2.91. The molecule has 1 heterocycles. The number of aryl methyl sites for hydroxylation is 2. The van der Waals surface area contributed by atoms with E-state index in [1.165, 1.54) is 31.5 Å². The summed E-state index contributed by atoms with van der Waals surface area (Å²) >= 11 is 0. The van der Waals surface area contributed by atoms with Crippen molar-refractivity contribution in [3.63, 3.8) is 0 Å². The molecule has 104 valence electrons. The second-order valence-corrected chi connectivity index (χ2v) is 3.79. The van der Waals surface area contributed by atoms with Crippen molar-refractivity contribution < 1.29 is 17.6 Å². The largest absolute Gasteiger partial charge is 0.338 e. The molecular weight excluding hydrogens is 248 g/mol. The van der Waals surface area contributed by atoms with Crippen LogP contribution in [0.5, 0.6) is 0 Å². The maximum atomic E-state index is 10.3. The zero-order valence-corrected chi connectivity index (χ0v) is 10.6. The zero-order chi connectivity index (χ0) is 14.0. The number of halogens is 4. The first-order valence-corrected chi connectivity index (χ1v) is 5.81. The molecule has 0 atom stereocenters. The van der Waals surface area contributed by atoms with Gasteiger partial charge in [0, 0.05) is 25.9 Å². The lowest BCUT2D eigenvalue weighted by Crippen LogP contribution is -1.96. The van der Waals surface area contributed by atoms with E-state index < -0.39 is 12.2 Å². The summed E-state index contributed by atoms with van der Waals surface area (Å²) in [5.41, 5.74) is 0. The van der Waals surface area contributed by atoms with Gasteiger partial charge in [-0.25, -0.2) is 4.98 Å². The molecule has 0 fully saturated rings. The van der Waals surface area contributed by atoms with Crippen molar-refractivity contribution in [1.29, 1.82) is 0 Å². The lowest BCUT2D eigenvalue weighted by molar-refractivity contribution is 0.308. The number of hydrogen-bond donors (Lipinski definition) is 0. The summed E-state index contributed by atoms with van der Waals surface area (Å²) in [5, 5.41) is 0. The normalized spacial score (nSPS) is 9.67. The van der Waals surface area contributed by atoms with Gasteiger partial charge < -0.3 is 4.57 Å². The minimum absolute atomic E-state index is 1.13. The van der Waals surface area contributed by atoms with E-state index in [0.717, 1.165) is 6.42 Å². The average Bonchev–Trinajstić information content (AvgIpc) is 2.71. The molecule has 1 aromatic heterocycles. The lowest BCUT2D eigenvalue weighted by atomic mass is 10.1. The van der Waals surface area contributed by atoms with Gasteiger partial charge in [-0.15, -0.1) is 0 Å². The Hall–Kier alpha value is -1.33. The highest BCUT2D eigenvalue weighted by Gasteiger charge is 1.98. The van der Waals surface area contributed by atoms with E-state index in [-0.39, 0.29) is 0 Å². The lowest BCUT2D eigenvalue weighted by Gasteiger charge is -2.00. The Bertz CT molecular complexity index is 343. The molecule has 0 bridgehead atoms. The van der Waals surface area contributed by atoms with E-state index >= 15 is 0 Å². The SMILES string of the molecule is CCCCCCc1nccn1C.FC(F)=C(F)F. The van der Waals surface area contributed by atoms with Gasteiger partial charge >= 0.3 is 12.2 Å². The fourth-order valence-electron chi connectivity index (χ4n) is 1.35. The van der Waals surface area contributed by atoms with E-state index in [4.69, 9.17) is 0 Å². The first-order valence-electron chi connectivity index (χ1n) is 5.81. The standard InChI is InChI=1S/C10H18N2.C2F4/c1-3-4-5-6-7-10-11-8-9-12(10)2;3-1(4)2(5)6/h8-9H,3-7H2,1-2H3;. The third-order valence-electron chi connectivity index (χ3n) is 2.32. The predicted molar refractivity (Wildman–Crippen MR) is 62.5 cm³/mol. The summed E-state index contributed by atoms with van der Waals surface area (Å²) in [5.74, 6) is 1.21. The molecule has 2 nitrogen and oxygen atoms in total. The van der Waals surface area contributed by atoms with Crippen molar-refractivity contribution in [3.8, 4) is 0 Å².